The van der Waals surface area contributed by atoms with Crippen molar-refractivity contribution in [2.75, 3.05) is 23.9 Å². The Kier molecular flexibility index (Phi) is 4.18. The zero-order valence-electron chi connectivity index (χ0n) is 9.01. The van der Waals surface area contributed by atoms with Crippen molar-refractivity contribution in [3.63, 3.8) is 0 Å². The van der Waals surface area contributed by atoms with Gasteiger partial charge in [0.25, 0.3) is 0 Å². The summed E-state index contributed by atoms with van der Waals surface area (Å²) in [7, 11) is 0. The van der Waals surface area contributed by atoms with Gasteiger partial charge in [-0.1, -0.05) is 30.3 Å². The van der Waals surface area contributed by atoms with Gasteiger partial charge in [-0.15, -0.1) is 0 Å². The first-order chi connectivity index (χ1) is 7.90. The van der Waals surface area contributed by atoms with Crippen molar-refractivity contribution in [3.05, 3.63) is 30.3 Å². The summed E-state index contributed by atoms with van der Waals surface area (Å²) in [6.45, 7) is 0.935. The minimum absolute atomic E-state index is 0.803. The lowest BCUT2D eigenvalue weighted by molar-refractivity contribution is 1.20. The Morgan fingerprint density at radius 1 is 1.31 bits per heavy atom. The van der Waals surface area contributed by atoms with E-state index in [2.05, 4.69) is 20.9 Å². The van der Waals surface area contributed by atoms with Gasteiger partial charge in [-0.25, -0.2) is 0 Å². The van der Waals surface area contributed by atoms with Crippen LogP contribution in [-0.2, 0) is 0 Å². The van der Waals surface area contributed by atoms with Gasteiger partial charge < -0.3 is 5.32 Å². The molecule has 84 valence electrons. The van der Waals surface area contributed by atoms with Crippen LogP contribution in [0.3, 0.4) is 0 Å². The first kappa shape index (κ1) is 11.4. The molecule has 0 amide bonds. The molecule has 5 heteroatoms. The van der Waals surface area contributed by atoms with Crippen LogP contribution < -0.4 is 5.32 Å². The van der Waals surface area contributed by atoms with Crippen LogP contribution in [0.15, 0.2) is 30.3 Å². The first-order valence-electron chi connectivity index (χ1n) is 5.02. The number of hydrogen-bond donors (Lipinski definition) is 1. The molecule has 0 saturated carbocycles. The molecule has 0 aliphatic carbocycles. The van der Waals surface area contributed by atoms with Gasteiger partial charge in [0, 0.05) is 29.4 Å². The van der Waals surface area contributed by atoms with Crippen LogP contribution in [0.2, 0.25) is 0 Å². The minimum atomic E-state index is 0.803. The molecule has 3 nitrogen and oxygen atoms in total. The predicted octanol–water partition coefficient (Wildman–Crippen LogP) is 2.98. The van der Waals surface area contributed by atoms with Gasteiger partial charge in [-0.3, -0.25) is 0 Å². The molecular weight excluding hydrogens is 238 g/mol. The van der Waals surface area contributed by atoms with Crippen molar-refractivity contribution >= 4 is 28.4 Å². The van der Waals surface area contributed by atoms with Crippen LogP contribution in [0.5, 0.6) is 0 Å². The highest BCUT2D eigenvalue weighted by atomic mass is 32.2. The second-order valence-electron chi connectivity index (χ2n) is 3.21. The van der Waals surface area contributed by atoms with Gasteiger partial charge in [0.05, 0.1) is 0 Å². The number of benzene rings is 1. The lowest BCUT2D eigenvalue weighted by Gasteiger charge is -1.98. The highest BCUT2D eigenvalue weighted by Crippen LogP contribution is 2.20. The van der Waals surface area contributed by atoms with Crippen LogP contribution in [0.25, 0.3) is 11.4 Å². The molecule has 1 heterocycles. The maximum absolute atomic E-state index is 4.44. The lowest BCUT2D eigenvalue weighted by Crippen LogP contribution is -2.02. The maximum atomic E-state index is 4.44. The van der Waals surface area contributed by atoms with E-state index < -0.39 is 0 Å². The molecule has 0 radical (unpaired) electrons. The number of rotatable bonds is 5. The van der Waals surface area contributed by atoms with Crippen molar-refractivity contribution in [2.45, 2.75) is 0 Å². The van der Waals surface area contributed by atoms with E-state index in [0.29, 0.717) is 0 Å². The Morgan fingerprint density at radius 3 is 2.88 bits per heavy atom. The Labute approximate surface area is 103 Å². The average molecular weight is 251 g/mol. The molecule has 2 aromatic rings. The normalized spacial score (nSPS) is 10.3. The van der Waals surface area contributed by atoms with Crippen LogP contribution in [-0.4, -0.2) is 27.9 Å². The second kappa shape index (κ2) is 5.86. The van der Waals surface area contributed by atoms with E-state index in [1.807, 2.05) is 42.1 Å². The quantitative estimate of drug-likeness (QED) is 0.829. The first-order valence-corrected chi connectivity index (χ1v) is 7.19. The fraction of sp³-hybridized carbons (Fsp3) is 0.273. The molecule has 0 atom stereocenters. The zero-order chi connectivity index (χ0) is 11.2. The molecule has 16 heavy (non-hydrogen) atoms. The van der Waals surface area contributed by atoms with E-state index in [-0.39, 0.29) is 0 Å². The highest BCUT2D eigenvalue weighted by Gasteiger charge is 2.04. The summed E-state index contributed by atoms with van der Waals surface area (Å²) in [4.78, 5) is 4.44. The number of anilines is 1. The molecule has 2 rings (SSSR count). The SMILES string of the molecule is CSCCNc1nc(-c2ccccc2)ns1. The van der Waals surface area contributed by atoms with Crippen LogP contribution >= 0.6 is 23.3 Å². The monoisotopic (exact) mass is 251 g/mol. The van der Waals surface area contributed by atoms with E-state index in [1.165, 1.54) is 11.5 Å². The molecular formula is C11H13N3S2. The average Bonchev–Trinajstić information content (AvgIpc) is 2.79. The Morgan fingerprint density at radius 2 is 2.12 bits per heavy atom. The van der Waals surface area contributed by atoms with E-state index in [4.69, 9.17) is 0 Å². The van der Waals surface area contributed by atoms with Gasteiger partial charge in [-0.05, 0) is 6.26 Å². The molecule has 0 spiro atoms. The van der Waals surface area contributed by atoms with Crippen molar-refractivity contribution in [1.29, 1.82) is 0 Å². The van der Waals surface area contributed by atoms with Crippen LogP contribution in [0, 0.1) is 0 Å². The molecule has 0 fully saturated rings. The number of thioether (sulfide) groups is 1. The predicted molar refractivity (Wildman–Crippen MR) is 72.2 cm³/mol. The fourth-order valence-electron chi connectivity index (χ4n) is 1.26. The van der Waals surface area contributed by atoms with Crippen molar-refractivity contribution < 1.29 is 0 Å². The molecule has 0 unspecified atom stereocenters. The third-order valence-electron chi connectivity index (χ3n) is 2.04. The van der Waals surface area contributed by atoms with E-state index >= 15 is 0 Å². The van der Waals surface area contributed by atoms with E-state index in [1.54, 1.807) is 0 Å². The summed E-state index contributed by atoms with van der Waals surface area (Å²) in [5.41, 5.74) is 1.07. The van der Waals surface area contributed by atoms with Gasteiger partial charge in [0.15, 0.2) is 5.82 Å². The van der Waals surface area contributed by atoms with Crippen molar-refractivity contribution in [2.24, 2.45) is 0 Å². The number of aromatic nitrogens is 2. The maximum Gasteiger partial charge on any atom is 0.202 e. The lowest BCUT2D eigenvalue weighted by atomic mass is 10.2. The molecule has 1 aromatic heterocycles. The summed E-state index contributed by atoms with van der Waals surface area (Å²) in [5.74, 6) is 1.89. The largest absolute Gasteiger partial charge is 0.359 e. The van der Waals surface area contributed by atoms with Gasteiger partial charge >= 0.3 is 0 Å². The summed E-state index contributed by atoms with van der Waals surface area (Å²) in [5, 5.41) is 4.16. The molecule has 1 N–H and O–H groups in total. The minimum Gasteiger partial charge on any atom is -0.359 e. The van der Waals surface area contributed by atoms with Gasteiger partial charge in [-0.2, -0.15) is 21.1 Å². The van der Waals surface area contributed by atoms with Gasteiger partial charge in [0.1, 0.15) is 0 Å². The number of hydrogen-bond acceptors (Lipinski definition) is 5. The molecule has 0 saturated heterocycles. The summed E-state index contributed by atoms with van der Waals surface area (Å²) >= 11 is 3.23. The third kappa shape index (κ3) is 2.96. The standard InChI is InChI=1S/C11H13N3S2/c1-15-8-7-12-11-13-10(14-16-11)9-5-3-2-4-6-9/h2-6H,7-8H2,1H3,(H,12,13,14). The Balaban J connectivity index is 2.02. The summed E-state index contributed by atoms with van der Waals surface area (Å²) in [6.07, 6.45) is 2.09. The van der Waals surface area contributed by atoms with Crippen LogP contribution in [0.1, 0.15) is 0 Å². The van der Waals surface area contributed by atoms with E-state index in [9.17, 15) is 0 Å². The smallest absolute Gasteiger partial charge is 0.202 e. The van der Waals surface area contributed by atoms with Crippen molar-refractivity contribution in [1.82, 2.24) is 9.36 Å². The molecule has 0 aliphatic rings. The van der Waals surface area contributed by atoms with Gasteiger partial charge in [0.2, 0.25) is 5.13 Å². The fourth-order valence-corrected chi connectivity index (χ4v) is 2.18. The molecule has 1 aromatic carbocycles. The Hall–Kier alpha value is -1.07. The van der Waals surface area contributed by atoms with Crippen LogP contribution in [0.4, 0.5) is 5.13 Å². The Bertz CT molecular complexity index is 428. The molecule has 0 bridgehead atoms. The summed E-state index contributed by atoms with van der Waals surface area (Å²) in [6, 6.07) is 10.0. The van der Waals surface area contributed by atoms with Crippen molar-refractivity contribution in [3.8, 4) is 11.4 Å². The third-order valence-corrected chi connectivity index (χ3v) is 3.33. The zero-order valence-corrected chi connectivity index (χ0v) is 10.6. The number of nitrogens with zero attached hydrogens (tertiary/aromatic N) is 2. The summed E-state index contributed by atoms with van der Waals surface area (Å²) < 4.78 is 4.33. The van der Waals surface area contributed by atoms with E-state index in [0.717, 1.165) is 28.8 Å². The number of nitrogens with one attached hydrogen (secondary N) is 1. The topological polar surface area (TPSA) is 37.8 Å². The molecule has 0 aliphatic heterocycles. The second-order valence-corrected chi connectivity index (χ2v) is 4.95. The highest BCUT2D eigenvalue weighted by molar-refractivity contribution is 7.98.